The summed E-state index contributed by atoms with van der Waals surface area (Å²) in [7, 11) is 0. The standard InChI is InChI=1S/C28H26N4O2/c1-17-11-13-21(14-12-17)25-24(27-30-26(31-34-27)22-9-5-7-18(2)15-22)20(4)32(28(33)29-25)23-10-6-8-19(3)16-23/h5-16,25H,1-4H3,(H,29,33). The molecule has 1 aliphatic rings. The highest BCUT2D eigenvalue weighted by Crippen LogP contribution is 2.39. The Morgan fingerprint density at radius 3 is 2.26 bits per heavy atom. The van der Waals surface area contributed by atoms with Crippen molar-refractivity contribution in [3.05, 3.63) is 107 Å². The van der Waals surface area contributed by atoms with Gasteiger partial charge in [0.2, 0.25) is 5.82 Å². The second kappa shape index (κ2) is 8.63. The fraction of sp³-hybridized carbons (Fsp3) is 0.179. The summed E-state index contributed by atoms with van der Waals surface area (Å²) in [5, 5.41) is 7.42. The number of allylic oxidation sites excluding steroid dienone is 1. The zero-order valence-corrected chi connectivity index (χ0v) is 19.7. The Balaban J connectivity index is 1.66. The van der Waals surface area contributed by atoms with Gasteiger partial charge in [0.1, 0.15) is 0 Å². The second-order valence-electron chi connectivity index (χ2n) is 8.76. The van der Waals surface area contributed by atoms with Gasteiger partial charge in [0, 0.05) is 11.3 Å². The number of anilines is 1. The molecule has 0 radical (unpaired) electrons. The van der Waals surface area contributed by atoms with E-state index in [-0.39, 0.29) is 6.03 Å². The number of aromatic nitrogens is 2. The highest BCUT2D eigenvalue weighted by Gasteiger charge is 2.36. The number of nitrogens with one attached hydrogen (secondary N) is 1. The molecular weight excluding hydrogens is 424 g/mol. The fourth-order valence-corrected chi connectivity index (χ4v) is 4.34. The molecule has 0 saturated carbocycles. The van der Waals surface area contributed by atoms with Crippen LogP contribution in [0.4, 0.5) is 10.5 Å². The predicted octanol–water partition coefficient (Wildman–Crippen LogP) is 6.36. The third-order valence-corrected chi connectivity index (χ3v) is 6.09. The molecule has 34 heavy (non-hydrogen) atoms. The van der Waals surface area contributed by atoms with Gasteiger partial charge in [0.25, 0.3) is 5.89 Å². The van der Waals surface area contributed by atoms with Crippen molar-refractivity contribution in [3.8, 4) is 11.4 Å². The lowest BCUT2D eigenvalue weighted by atomic mass is 9.94. The molecule has 5 rings (SSSR count). The minimum Gasteiger partial charge on any atom is -0.334 e. The summed E-state index contributed by atoms with van der Waals surface area (Å²) < 4.78 is 5.79. The second-order valence-corrected chi connectivity index (χ2v) is 8.76. The van der Waals surface area contributed by atoms with Crippen molar-refractivity contribution in [2.75, 3.05) is 4.90 Å². The molecule has 0 aliphatic carbocycles. The highest BCUT2D eigenvalue weighted by molar-refractivity contribution is 6.01. The Morgan fingerprint density at radius 2 is 1.56 bits per heavy atom. The fourth-order valence-electron chi connectivity index (χ4n) is 4.34. The third-order valence-electron chi connectivity index (χ3n) is 6.09. The van der Waals surface area contributed by atoms with Crippen molar-refractivity contribution in [1.29, 1.82) is 0 Å². The quantitative estimate of drug-likeness (QED) is 0.392. The van der Waals surface area contributed by atoms with Gasteiger partial charge in [0.15, 0.2) is 0 Å². The average molecular weight is 451 g/mol. The van der Waals surface area contributed by atoms with Gasteiger partial charge < -0.3 is 9.84 Å². The van der Waals surface area contributed by atoms with E-state index in [1.165, 1.54) is 0 Å². The minimum absolute atomic E-state index is 0.198. The Bertz CT molecular complexity index is 1400. The van der Waals surface area contributed by atoms with Gasteiger partial charge in [-0.3, -0.25) is 4.90 Å². The van der Waals surface area contributed by atoms with E-state index in [2.05, 4.69) is 10.5 Å². The van der Waals surface area contributed by atoms with E-state index in [0.717, 1.165) is 44.8 Å². The molecule has 1 unspecified atom stereocenters. The summed E-state index contributed by atoms with van der Waals surface area (Å²) in [6.45, 7) is 8.00. The molecule has 2 heterocycles. The van der Waals surface area contributed by atoms with Gasteiger partial charge >= 0.3 is 6.03 Å². The summed E-state index contributed by atoms with van der Waals surface area (Å²) >= 11 is 0. The van der Waals surface area contributed by atoms with E-state index in [4.69, 9.17) is 9.51 Å². The van der Waals surface area contributed by atoms with E-state index in [1.807, 2.05) is 100 Å². The number of hydrogen-bond donors (Lipinski definition) is 1. The van der Waals surface area contributed by atoms with Crippen LogP contribution in [0.1, 0.15) is 41.1 Å². The van der Waals surface area contributed by atoms with E-state index in [0.29, 0.717) is 11.7 Å². The summed E-state index contributed by atoms with van der Waals surface area (Å²) in [5.41, 5.74) is 7.48. The first-order chi connectivity index (χ1) is 16.4. The predicted molar refractivity (Wildman–Crippen MR) is 133 cm³/mol. The summed E-state index contributed by atoms with van der Waals surface area (Å²) in [4.78, 5) is 19.7. The number of benzene rings is 3. The van der Waals surface area contributed by atoms with E-state index < -0.39 is 6.04 Å². The van der Waals surface area contributed by atoms with Crippen molar-refractivity contribution in [3.63, 3.8) is 0 Å². The lowest BCUT2D eigenvalue weighted by molar-refractivity contribution is 0.244. The van der Waals surface area contributed by atoms with E-state index in [9.17, 15) is 4.79 Å². The molecule has 1 aliphatic heterocycles. The molecule has 170 valence electrons. The molecule has 3 aromatic carbocycles. The summed E-state index contributed by atoms with van der Waals surface area (Å²) in [5.74, 6) is 0.901. The van der Waals surface area contributed by atoms with Crippen LogP contribution in [0.15, 0.2) is 83.0 Å². The molecular formula is C28H26N4O2. The Kier molecular flexibility index (Phi) is 5.49. The topological polar surface area (TPSA) is 71.3 Å². The van der Waals surface area contributed by atoms with Gasteiger partial charge in [-0.15, -0.1) is 0 Å². The third kappa shape index (κ3) is 3.99. The van der Waals surface area contributed by atoms with Crippen LogP contribution in [0.3, 0.4) is 0 Å². The minimum atomic E-state index is -0.417. The Labute approximate surface area is 198 Å². The molecule has 1 N–H and O–H groups in total. The molecule has 2 amide bonds. The van der Waals surface area contributed by atoms with E-state index >= 15 is 0 Å². The SMILES string of the molecule is CC1=C(c2nc(-c3cccc(C)c3)no2)C(c2ccc(C)cc2)NC(=O)N1c1cccc(C)c1. The number of rotatable bonds is 4. The molecule has 0 fully saturated rings. The zero-order chi connectivity index (χ0) is 23.8. The van der Waals surface area contributed by atoms with Crippen molar-refractivity contribution in [2.24, 2.45) is 0 Å². The van der Waals surface area contributed by atoms with Crippen LogP contribution in [-0.2, 0) is 0 Å². The monoisotopic (exact) mass is 450 g/mol. The van der Waals surface area contributed by atoms with Gasteiger partial charge in [0.05, 0.1) is 17.3 Å². The molecule has 0 bridgehead atoms. The maximum Gasteiger partial charge on any atom is 0.326 e. The van der Waals surface area contributed by atoms with Crippen molar-refractivity contribution in [1.82, 2.24) is 15.5 Å². The highest BCUT2D eigenvalue weighted by atomic mass is 16.5. The normalized spacial score (nSPS) is 16.1. The first-order valence-corrected chi connectivity index (χ1v) is 11.3. The van der Waals surface area contributed by atoms with Crippen LogP contribution < -0.4 is 10.2 Å². The molecule has 0 spiro atoms. The van der Waals surface area contributed by atoms with Crippen LogP contribution in [-0.4, -0.2) is 16.2 Å². The maximum absolute atomic E-state index is 13.3. The van der Waals surface area contributed by atoms with Crippen molar-refractivity contribution >= 4 is 17.3 Å². The van der Waals surface area contributed by atoms with Crippen molar-refractivity contribution in [2.45, 2.75) is 33.7 Å². The number of nitrogens with zero attached hydrogens (tertiary/aromatic N) is 3. The first kappa shape index (κ1) is 21.6. The largest absolute Gasteiger partial charge is 0.334 e. The zero-order valence-electron chi connectivity index (χ0n) is 19.7. The lowest BCUT2D eigenvalue weighted by Crippen LogP contribution is -2.46. The van der Waals surface area contributed by atoms with Crippen molar-refractivity contribution < 1.29 is 9.32 Å². The lowest BCUT2D eigenvalue weighted by Gasteiger charge is -2.35. The van der Waals surface area contributed by atoms with E-state index in [1.54, 1.807) is 4.90 Å². The Hall–Kier alpha value is -4.19. The maximum atomic E-state index is 13.3. The van der Waals surface area contributed by atoms with Gasteiger partial charge in [-0.1, -0.05) is 70.9 Å². The number of amides is 2. The molecule has 0 saturated heterocycles. The molecule has 4 aromatic rings. The van der Waals surface area contributed by atoms with Crippen LogP contribution in [0, 0.1) is 20.8 Å². The number of hydrogen-bond acceptors (Lipinski definition) is 4. The van der Waals surface area contributed by atoms with Crippen LogP contribution in [0.25, 0.3) is 17.0 Å². The van der Waals surface area contributed by atoms with Crippen LogP contribution in [0.2, 0.25) is 0 Å². The number of aryl methyl sites for hydroxylation is 3. The summed E-state index contributed by atoms with van der Waals surface area (Å²) in [6.07, 6.45) is 0. The molecule has 6 nitrogen and oxygen atoms in total. The smallest absolute Gasteiger partial charge is 0.326 e. The number of urea groups is 1. The number of carbonyl (C=O) groups is 1. The molecule has 6 heteroatoms. The van der Waals surface area contributed by atoms with Gasteiger partial charge in [-0.05, 0) is 57.0 Å². The summed E-state index contributed by atoms with van der Waals surface area (Å²) in [6, 6.07) is 23.3. The van der Waals surface area contributed by atoms with Crippen LogP contribution in [0.5, 0.6) is 0 Å². The average Bonchev–Trinajstić information content (AvgIpc) is 3.29. The first-order valence-electron chi connectivity index (χ1n) is 11.3. The Morgan fingerprint density at radius 1 is 0.853 bits per heavy atom. The van der Waals surface area contributed by atoms with Gasteiger partial charge in [-0.2, -0.15) is 4.98 Å². The molecule has 1 aromatic heterocycles. The number of carbonyl (C=O) groups excluding carboxylic acids is 1. The van der Waals surface area contributed by atoms with Crippen LogP contribution >= 0.6 is 0 Å². The van der Waals surface area contributed by atoms with Gasteiger partial charge in [-0.25, -0.2) is 4.79 Å². The molecule has 1 atom stereocenters.